The molecule has 0 spiro atoms. The molecule has 0 N–H and O–H groups in total. The molecule has 2 heterocycles. The Labute approximate surface area is 216 Å². The zero-order valence-electron chi connectivity index (χ0n) is 21.7. The van der Waals surface area contributed by atoms with Gasteiger partial charge in [-0.3, -0.25) is 4.90 Å². The van der Waals surface area contributed by atoms with Gasteiger partial charge in [0.05, 0.1) is 23.4 Å². The Hall–Kier alpha value is -3.11. The monoisotopic (exact) mass is 480 g/mol. The average molecular weight is 481 g/mol. The molecule has 4 heteroatoms. The van der Waals surface area contributed by atoms with Crippen LogP contribution in [0.25, 0.3) is 11.0 Å². The fourth-order valence-electron chi connectivity index (χ4n) is 5.55. The number of aromatic nitrogens is 2. The van der Waals surface area contributed by atoms with Crippen LogP contribution >= 0.6 is 0 Å². The maximum absolute atomic E-state index is 4.79. The standard InChI is InChI=1S/C32H40N4/c1-2-3-4-5-6-13-20-34-21-23-35(24-22-34)29-18-19-30-31(25-29)36(26-33-30)32(27-14-9-7-10-15-27)28-16-11-8-12-17-28/h7-12,14-19,25-26,32H,2-6,13,20-24H2,1H3. The molecule has 0 bridgehead atoms. The van der Waals surface area contributed by atoms with Crippen LogP contribution in [0.5, 0.6) is 0 Å². The molecule has 188 valence electrons. The maximum atomic E-state index is 4.79. The van der Waals surface area contributed by atoms with Crippen LogP contribution in [0, 0.1) is 0 Å². The highest BCUT2D eigenvalue weighted by atomic mass is 15.3. The molecule has 4 nitrogen and oxygen atoms in total. The Morgan fingerprint density at radius 2 is 1.36 bits per heavy atom. The van der Waals surface area contributed by atoms with E-state index >= 15 is 0 Å². The van der Waals surface area contributed by atoms with Crippen molar-refractivity contribution in [3.8, 4) is 0 Å². The molecule has 0 saturated carbocycles. The van der Waals surface area contributed by atoms with Crippen LogP contribution < -0.4 is 4.90 Å². The van der Waals surface area contributed by atoms with Crippen LogP contribution in [0.15, 0.2) is 85.2 Å². The summed E-state index contributed by atoms with van der Waals surface area (Å²) in [6, 6.07) is 28.4. The second-order valence-corrected chi connectivity index (χ2v) is 10.1. The molecule has 1 aliphatic rings. The molecular formula is C32H40N4. The zero-order valence-corrected chi connectivity index (χ0v) is 21.7. The minimum absolute atomic E-state index is 0.0989. The first kappa shape index (κ1) is 24.6. The molecule has 1 aromatic heterocycles. The second kappa shape index (κ2) is 12.2. The van der Waals surface area contributed by atoms with E-state index in [-0.39, 0.29) is 6.04 Å². The molecule has 1 fully saturated rings. The van der Waals surface area contributed by atoms with Crippen LogP contribution in [0.4, 0.5) is 5.69 Å². The van der Waals surface area contributed by atoms with E-state index in [1.807, 2.05) is 6.33 Å². The number of benzene rings is 3. The van der Waals surface area contributed by atoms with Gasteiger partial charge in [-0.2, -0.15) is 0 Å². The molecule has 1 aliphatic heterocycles. The smallest absolute Gasteiger partial charge is 0.0966 e. The number of piperazine rings is 1. The molecule has 5 rings (SSSR count). The lowest BCUT2D eigenvalue weighted by molar-refractivity contribution is 0.252. The largest absolute Gasteiger partial charge is 0.369 e. The predicted octanol–water partition coefficient (Wildman–Crippen LogP) is 7.16. The normalized spacial score (nSPS) is 14.7. The Bertz CT molecular complexity index is 1150. The Morgan fingerprint density at radius 3 is 2.03 bits per heavy atom. The summed E-state index contributed by atoms with van der Waals surface area (Å²) in [4.78, 5) is 9.99. The lowest BCUT2D eigenvalue weighted by Gasteiger charge is -2.36. The number of unbranched alkanes of at least 4 members (excludes halogenated alkanes) is 5. The van der Waals surface area contributed by atoms with E-state index < -0.39 is 0 Å². The summed E-state index contributed by atoms with van der Waals surface area (Å²) in [6.45, 7) is 8.04. The molecule has 0 amide bonds. The Kier molecular flexibility index (Phi) is 8.35. The summed E-state index contributed by atoms with van der Waals surface area (Å²) < 4.78 is 2.35. The molecule has 3 aromatic carbocycles. The van der Waals surface area contributed by atoms with Crippen LogP contribution in [-0.2, 0) is 0 Å². The van der Waals surface area contributed by atoms with Crippen LogP contribution in [0.3, 0.4) is 0 Å². The van der Waals surface area contributed by atoms with Gasteiger partial charge in [-0.25, -0.2) is 4.98 Å². The fraction of sp³-hybridized carbons (Fsp3) is 0.406. The van der Waals surface area contributed by atoms with Gasteiger partial charge in [0.1, 0.15) is 0 Å². The van der Waals surface area contributed by atoms with Gasteiger partial charge in [0.25, 0.3) is 0 Å². The molecule has 36 heavy (non-hydrogen) atoms. The predicted molar refractivity (Wildman–Crippen MR) is 152 cm³/mol. The number of hydrogen-bond acceptors (Lipinski definition) is 3. The van der Waals surface area contributed by atoms with E-state index in [2.05, 4.69) is 100 Å². The number of anilines is 1. The van der Waals surface area contributed by atoms with Crippen molar-refractivity contribution in [1.29, 1.82) is 0 Å². The second-order valence-electron chi connectivity index (χ2n) is 10.1. The van der Waals surface area contributed by atoms with E-state index in [4.69, 9.17) is 4.98 Å². The number of hydrogen-bond donors (Lipinski definition) is 0. The third kappa shape index (κ3) is 5.82. The van der Waals surface area contributed by atoms with E-state index in [9.17, 15) is 0 Å². The lowest BCUT2D eigenvalue weighted by Crippen LogP contribution is -2.46. The first-order valence-electron chi connectivity index (χ1n) is 13.9. The summed E-state index contributed by atoms with van der Waals surface area (Å²) in [5, 5.41) is 0. The topological polar surface area (TPSA) is 24.3 Å². The van der Waals surface area contributed by atoms with Crippen molar-refractivity contribution >= 4 is 16.7 Å². The van der Waals surface area contributed by atoms with Crippen molar-refractivity contribution < 1.29 is 0 Å². The SMILES string of the molecule is CCCCCCCCN1CCN(c2ccc3ncn(C(c4ccccc4)c4ccccc4)c3c2)CC1. The summed E-state index contributed by atoms with van der Waals surface area (Å²) >= 11 is 0. The van der Waals surface area contributed by atoms with Crippen LogP contribution in [0.2, 0.25) is 0 Å². The van der Waals surface area contributed by atoms with Gasteiger partial charge in [0.15, 0.2) is 0 Å². The van der Waals surface area contributed by atoms with Crippen LogP contribution in [0.1, 0.15) is 62.6 Å². The summed E-state index contributed by atoms with van der Waals surface area (Å²) in [7, 11) is 0. The Balaban J connectivity index is 1.30. The summed E-state index contributed by atoms with van der Waals surface area (Å²) in [5.41, 5.74) is 6.11. The summed E-state index contributed by atoms with van der Waals surface area (Å²) in [6.07, 6.45) is 10.2. The number of rotatable bonds is 11. The van der Waals surface area contributed by atoms with Gasteiger partial charge in [0.2, 0.25) is 0 Å². The van der Waals surface area contributed by atoms with E-state index in [0.717, 1.165) is 31.7 Å². The van der Waals surface area contributed by atoms with Crippen molar-refractivity contribution in [3.05, 3.63) is 96.3 Å². The minimum atomic E-state index is 0.0989. The highest BCUT2D eigenvalue weighted by molar-refractivity contribution is 5.80. The molecule has 0 unspecified atom stereocenters. The van der Waals surface area contributed by atoms with Crippen molar-refractivity contribution in [1.82, 2.24) is 14.5 Å². The molecule has 0 aliphatic carbocycles. The van der Waals surface area contributed by atoms with Crippen molar-refractivity contribution in [2.45, 2.75) is 51.5 Å². The zero-order chi connectivity index (χ0) is 24.6. The summed E-state index contributed by atoms with van der Waals surface area (Å²) in [5.74, 6) is 0. The first-order chi connectivity index (χ1) is 17.8. The van der Waals surface area contributed by atoms with Crippen molar-refractivity contribution in [3.63, 3.8) is 0 Å². The van der Waals surface area contributed by atoms with Gasteiger partial charge < -0.3 is 9.47 Å². The van der Waals surface area contributed by atoms with Crippen LogP contribution in [-0.4, -0.2) is 47.2 Å². The van der Waals surface area contributed by atoms with E-state index in [0.29, 0.717) is 0 Å². The fourth-order valence-corrected chi connectivity index (χ4v) is 5.55. The van der Waals surface area contributed by atoms with Gasteiger partial charge in [-0.1, -0.05) is 99.7 Å². The van der Waals surface area contributed by atoms with Gasteiger partial charge in [0, 0.05) is 31.9 Å². The first-order valence-corrected chi connectivity index (χ1v) is 13.9. The van der Waals surface area contributed by atoms with Gasteiger partial charge >= 0.3 is 0 Å². The molecular weight excluding hydrogens is 440 g/mol. The molecule has 1 saturated heterocycles. The van der Waals surface area contributed by atoms with Crippen molar-refractivity contribution in [2.75, 3.05) is 37.6 Å². The Morgan fingerprint density at radius 1 is 0.722 bits per heavy atom. The third-order valence-electron chi connectivity index (χ3n) is 7.63. The molecule has 0 atom stereocenters. The number of imidazole rings is 1. The van der Waals surface area contributed by atoms with Crippen molar-refractivity contribution in [2.24, 2.45) is 0 Å². The number of fused-ring (bicyclic) bond motifs is 1. The quantitative estimate of drug-likeness (QED) is 0.213. The third-order valence-corrected chi connectivity index (χ3v) is 7.63. The minimum Gasteiger partial charge on any atom is -0.369 e. The maximum Gasteiger partial charge on any atom is 0.0966 e. The molecule has 4 aromatic rings. The average Bonchev–Trinajstić information content (AvgIpc) is 3.35. The highest BCUT2D eigenvalue weighted by Gasteiger charge is 2.21. The number of nitrogens with zero attached hydrogens (tertiary/aromatic N) is 4. The van der Waals surface area contributed by atoms with E-state index in [1.165, 1.54) is 67.4 Å². The molecule has 0 radical (unpaired) electrons. The lowest BCUT2D eigenvalue weighted by atomic mass is 9.98. The van der Waals surface area contributed by atoms with E-state index in [1.54, 1.807) is 0 Å². The van der Waals surface area contributed by atoms with Gasteiger partial charge in [-0.05, 0) is 42.3 Å². The highest BCUT2D eigenvalue weighted by Crippen LogP contribution is 2.32. The van der Waals surface area contributed by atoms with Gasteiger partial charge in [-0.15, -0.1) is 0 Å².